The topological polar surface area (TPSA) is 77.0 Å². The fourth-order valence-corrected chi connectivity index (χ4v) is 3.83. The number of thiol groups is 1. The highest BCUT2D eigenvalue weighted by Gasteiger charge is 2.18. The molecule has 1 unspecified atom stereocenters. The Balaban J connectivity index is 1.97. The minimum Gasteiger partial charge on any atom is -0.484 e. The molecule has 0 saturated heterocycles. The van der Waals surface area contributed by atoms with E-state index in [4.69, 9.17) is 20.5 Å². The first-order valence-electron chi connectivity index (χ1n) is 9.57. The smallest absolute Gasteiger partial charge is 0.258 e. The average molecular weight is 453 g/mol. The summed E-state index contributed by atoms with van der Waals surface area (Å²) >= 11 is 6.35. The average Bonchev–Trinajstić information content (AvgIpc) is 2.66. The van der Waals surface area contributed by atoms with Gasteiger partial charge >= 0.3 is 0 Å². The van der Waals surface area contributed by atoms with Crippen LogP contribution in [-0.4, -0.2) is 23.8 Å². The van der Waals surface area contributed by atoms with E-state index >= 15 is 0 Å². The van der Waals surface area contributed by atoms with Crippen molar-refractivity contribution in [2.45, 2.75) is 46.1 Å². The molecule has 1 N–H and O–H groups in total. The third-order valence-electron chi connectivity index (χ3n) is 4.56. The molecule has 0 fully saturated rings. The van der Waals surface area contributed by atoms with Gasteiger partial charge in [-0.2, -0.15) is 4.36 Å². The van der Waals surface area contributed by atoms with Gasteiger partial charge in [0.15, 0.2) is 17.5 Å². The Hall–Kier alpha value is -2.09. The molecule has 0 saturated carbocycles. The fourth-order valence-electron chi connectivity index (χ4n) is 2.90. The third-order valence-corrected chi connectivity index (χ3v) is 5.57. The van der Waals surface area contributed by atoms with Crippen LogP contribution in [0.25, 0.3) is 0 Å². The maximum Gasteiger partial charge on any atom is 0.258 e. The van der Waals surface area contributed by atoms with Crippen LogP contribution in [0.3, 0.4) is 0 Å². The monoisotopic (exact) mass is 452 g/mol. The Morgan fingerprint density at radius 1 is 1.23 bits per heavy atom. The number of hydrogen-bond acceptors (Lipinski definition) is 5. The van der Waals surface area contributed by atoms with Crippen LogP contribution < -0.4 is 10.1 Å². The summed E-state index contributed by atoms with van der Waals surface area (Å²) in [5.41, 5.74) is 3.31. The lowest BCUT2D eigenvalue weighted by Crippen LogP contribution is -2.31. The highest BCUT2D eigenvalue weighted by molar-refractivity contribution is 7.69. The van der Waals surface area contributed by atoms with Gasteiger partial charge < -0.3 is 10.1 Å². The molecule has 164 valence electrons. The summed E-state index contributed by atoms with van der Waals surface area (Å²) < 4.78 is 25.7. The predicted molar refractivity (Wildman–Crippen MR) is 122 cm³/mol. The summed E-state index contributed by atoms with van der Waals surface area (Å²) in [6, 6.07) is 10.7. The molecule has 0 radical (unpaired) electrons. The first kappa shape index (κ1) is 24.2. The molecule has 0 aliphatic rings. The number of ether oxygens (including phenoxy) is 1. The number of nitrogens with one attached hydrogen (secondary N) is 1. The van der Waals surface area contributed by atoms with Gasteiger partial charge in [-0.25, -0.2) is 4.21 Å². The van der Waals surface area contributed by atoms with Gasteiger partial charge in [0, 0.05) is 5.02 Å². The molecule has 2 rings (SSSR count). The minimum absolute atomic E-state index is 0.0669. The van der Waals surface area contributed by atoms with Gasteiger partial charge in [-0.15, -0.1) is 0 Å². The van der Waals surface area contributed by atoms with Crippen LogP contribution in [0.5, 0.6) is 5.75 Å². The standard InChI is InChI=1S/C22H29ClN2O4S/c1-14-11-16(7-10-20(14)25-30(27)28-6)15(2)24-21(26)13-29-17-8-9-18(19(23)12-17)22(3,4)5/h7-12,15,30H,13H2,1-6H3,(H,24,26)/t15-/m1/s1. The summed E-state index contributed by atoms with van der Waals surface area (Å²) in [6.07, 6.45) is 0. The van der Waals surface area contributed by atoms with Crippen molar-refractivity contribution in [3.63, 3.8) is 0 Å². The summed E-state index contributed by atoms with van der Waals surface area (Å²) in [5, 5.41) is 3.52. The van der Waals surface area contributed by atoms with Crippen LogP contribution >= 0.6 is 11.6 Å². The highest BCUT2D eigenvalue weighted by Crippen LogP contribution is 2.32. The zero-order valence-corrected chi connectivity index (χ0v) is 19.8. The van der Waals surface area contributed by atoms with Crippen LogP contribution in [0.1, 0.15) is 50.4 Å². The van der Waals surface area contributed by atoms with Crippen molar-refractivity contribution in [3.8, 4) is 5.75 Å². The van der Waals surface area contributed by atoms with E-state index in [1.165, 1.54) is 7.11 Å². The molecule has 2 atom stereocenters. The summed E-state index contributed by atoms with van der Waals surface area (Å²) in [4.78, 5) is 12.3. The lowest BCUT2D eigenvalue weighted by atomic mass is 9.87. The maximum atomic E-state index is 12.3. The number of aryl methyl sites for hydroxylation is 1. The second kappa shape index (κ2) is 10.3. The van der Waals surface area contributed by atoms with Crippen LogP contribution in [0.4, 0.5) is 5.69 Å². The first-order valence-corrected chi connectivity index (χ1v) is 11.1. The van der Waals surface area contributed by atoms with Gasteiger partial charge in [0.1, 0.15) is 5.75 Å². The van der Waals surface area contributed by atoms with Gasteiger partial charge in [-0.05, 0) is 54.2 Å². The molecular weight excluding hydrogens is 424 g/mol. The summed E-state index contributed by atoms with van der Waals surface area (Å²) in [6.45, 7) is 9.89. The third kappa shape index (κ3) is 6.72. The van der Waals surface area contributed by atoms with E-state index < -0.39 is 10.9 Å². The maximum absolute atomic E-state index is 12.3. The molecule has 0 aliphatic carbocycles. The molecule has 0 spiro atoms. The lowest BCUT2D eigenvalue weighted by Gasteiger charge is -2.21. The molecule has 2 aromatic rings. The molecule has 0 aromatic heterocycles. The second-order valence-electron chi connectivity index (χ2n) is 8.04. The van der Waals surface area contributed by atoms with Crippen molar-refractivity contribution in [1.82, 2.24) is 5.32 Å². The number of nitrogens with zero attached hydrogens (tertiary/aromatic N) is 1. The molecule has 8 heteroatoms. The molecule has 0 bridgehead atoms. The number of carbonyl (C=O) groups is 1. The number of carbonyl (C=O) groups excluding carboxylic acids is 1. The second-order valence-corrected chi connectivity index (χ2v) is 9.48. The van der Waals surface area contributed by atoms with E-state index in [-0.39, 0.29) is 24.0 Å². The van der Waals surface area contributed by atoms with E-state index in [0.717, 1.165) is 16.7 Å². The Morgan fingerprint density at radius 2 is 1.93 bits per heavy atom. The number of halogens is 1. The molecule has 0 heterocycles. The van der Waals surface area contributed by atoms with E-state index in [0.29, 0.717) is 16.5 Å². The Morgan fingerprint density at radius 3 is 2.50 bits per heavy atom. The zero-order valence-electron chi connectivity index (χ0n) is 18.2. The van der Waals surface area contributed by atoms with Crippen molar-refractivity contribution in [2.24, 2.45) is 4.36 Å². The van der Waals surface area contributed by atoms with Crippen molar-refractivity contribution in [1.29, 1.82) is 0 Å². The van der Waals surface area contributed by atoms with E-state index in [2.05, 4.69) is 30.5 Å². The van der Waals surface area contributed by atoms with Crippen molar-refractivity contribution >= 4 is 34.1 Å². The Bertz CT molecular complexity index is 995. The van der Waals surface area contributed by atoms with Crippen LogP contribution in [0, 0.1) is 6.92 Å². The SMILES string of the molecule is CO[SH](=O)=Nc1ccc([C@@H](C)NC(=O)COc2ccc(C(C)(C)C)c(Cl)c2)cc1C. The lowest BCUT2D eigenvalue weighted by molar-refractivity contribution is -0.123. The molecular formula is C22H29ClN2O4S. The van der Waals surface area contributed by atoms with E-state index in [1.807, 2.05) is 38.1 Å². The fraction of sp³-hybridized carbons (Fsp3) is 0.409. The molecule has 30 heavy (non-hydrogen) atoms. The van der Waals surface area contributed by atoms with Gasteiger partial charge in [0.05, 0.1) is 18.8 Å². The number of hydrogen-bond donors (Lipinski definition) is 2. The van der Waals surface area contributed by atoms with E-state index in [1.54, 1.807) is 12.1 Å². The van der Waals surface area contributed by atoms with E-state index in [9.17, 15) is 9.00 Å². The summed E-state index contributed by atoms with van der Waals surface area (Å²) in [5.74, 6) is 0.303. The van der Waals surface area contributed by atoms with Crippen LogP contribution in [-0.2, 0) is 25.3 Å². The van der Waals surface area contributed by atoms with Crippen molar-refractivity contribution < 1.29 is 17.9 Å². The minimum atomic E-state index is -2.07. The van der Waals surface area contributed by atoms with Gasteiger partial charge in [-0.3, -0.25) is 8.98 Å². The largest absolute Gasteiger partial charge is 0.484 e. The molecule has 2 aromatic carbocycles. The quantitative estimate of drug-likeness (QED) is 0.575. The normalized spacial score (nSPS) is 13.7. The molecule has 1 amide bonds. The zero-order chi connectivity index (χ0) is 22.5. The molecule has 6 nitrogen and oxygen atoms in total. The number of rotatable bonds is 7. The van der Waals surface area contributed by atoms with Crippen LogP contribution in [0.15, 0.2) is 40.8 Å². The first-order chi connectivity index (χ1) is 14.0. The van der Waals surface area contributed by atoms with Crippen LogP contribution in [0.2, 0.25) is 5.02 Å². The predicted octanol–water partition coefficient (Wildman–Crippen LogP) is 5.06. The summed E-state index contributed by atoms with van der Waals surface area (Å²) in [7, 11) is -0.723. The Labute approximate surface area is 185 Å². The van der Waals surface area contributed by atoms with Crippen molar-refractivity contribution in [2.75, 3.05) is 13.7 Å². The number of benzene rings is 2. The molecule has 0 aliphatic heterocycles. The Kier molecular flexibility index (Phi) is 8.29. The van der Waals surface area contributed by atoms with Gasteiger partial charge in [-0.1, -0.05) is 50.6 Å². The highest BCUT2D eigenvalue weighted by atomic mass is 35.5. The van der Waals surface area contributed by atoms with Gasteiger partial charge in [0.25, 0.3) is 5.91 Å². The van der Waals surface area contributed by atoms with Crippen molar-refractivity contribution in [3.05, 3.63) is 58.1 Å². The van der Waals surface area contributed by atoms with Gasteiger partial charge in [0.2, 0.25) is 0 Å². The number of amides is 1.